The van der Waals surface area contributed by atoms with Crippen molar-refractivity contribution in [3.8, 4) is 0 Å². The summed E-state index contributed by atoms with van der Waals surface area (Å²) in [7, 11) is 0. The van der Waals surface area contributed by atoms with Crippen molar-refractivity contribution >= 4 is 17.9 Å². The SMILES string of the molecule is CC(C)N=C(N)NC(=O)Nc1ccco1. The number of carbonyl (C=O) groups excluding carboxylic acids is 1. The van der Waals surface area contributed by atoms with Crippen LogP contribution in [0.3, 0.4) is 0 Å². The number of nitrogens with one attached hydrogen (secondary N) is 2. The topological polar surface area (TPSA) is 92.6 Å². The predicted molar refractivity (Wildman–Crippen MR) is 57.6 cm³/mol. The van der Waals surface area contributed by atoms with Crippen LogP contribution in [0.5, 0.6) is 0 Å². The maximum Gasteiger partial charge on any atom is 0.328 e. The maximum absolute atomic E-state index is 11.3. The summed E-state index contributed by atoms with van der Waals surface area (Å²) in [5, 5.41) is 4.82. The normalized spacial score (nSPS) is 11.5. The zero-order chi connectivity index (χ0) is 11.3. The van der Waals surface area contributed by atoms with E-state index in [1.807, 2.05) is 13.8 Å². The minimum atomic E-state index is -0.480. The van der Waals surface area contributed by atoms with Crippen LogP contribution in [-0.4, -0.2) is 18.0 Å². The Morgan fingerprint density at radius 1 is 1.60 bits per heavy atom. The summed E-state index contributed by atoms with van der Waals surface area (Å²) in [6, 6.07) is 2.84. The van der Waals surface area contributed by atoms with E-state index in [9.17, 15) is 4.79 Å². The van der Waals surface area contributed by atoms with Gasteiger partial charge in [0.05, 0.1) is 6.26 Å². The van der Waals surface area contributed by atoms with E-state index in [2.05, 4.69) is 15.6 Å². The molecule has 0 radical (unpaired) electrons. The number of anilines is 1. The van der Waals surface area contributed by atoms with E-state index < -0.39 is 6.03 Å². The van der Waals surface area contributed by atoms with Crippen LogP contribution in [0.1, 0.15) is 13.8 Å². The van der Waals surface area contributed by atoms with Gasteiger partial charge >= 0.3 is 6.03 Å². The highest BCUT2D eigenvalue weighted by Gasteiger charge is 2.04. The first-order valence-corrected chi connectivity index (χ1v) is 4.52. The van der Waals surface area contributed by atoms with Crippen molar-refractivity contribution in [3.05, 3.63) is 18.4 Å². The molecule has 4 N–H and O–H groups in total. The second kappa shape index (κ2) is 5.04. The third kappa shape index (κ3) is 4.17. The quantitative estimate of drug-likeness (QED) is 0.504. The predicted octanol–water partition coefficient (Wildman–Crippen LogP) is 1.12. The van der Waals surface area contributed by atoms with Gasteiger partial charge in [-0.25, -0.2) is 4.79 Å². The molecular weight excluding hydrogens is 196 g/mol. The number of nitrogens with zero attached hydrogens (tertiary/aromatic N) is 1. The number of carbonyl (C=O) groups is 1. The molecule has 0 saturated heterocycles. The van der Waals surface area contributed by atoms with E-state index in [-0.39, 0.29) is 12.0 Å². The Hall–Kier alpha value is -1.98. The summed E-state index contributed by atoms with van der Waals surface area (Å²) in [5.74, 6) is 0.430. The molecule has 15 heavy (non-hydrogen) atoms. The van der Waals surface area contributed by atoms with Crippen molar-refractivity contribution in [2.24, 2.45) is 10.7 Å². The van der Waals surface area contributed by atoms with Crippen LogP contribution in [0.25, 0.3) is 0 Å². The zero-order valence-electron chi connectivity index (χ0n) is 8.65. The van der Waals surface area contributed by atoms with E-state index in [0.717, 1.165) is 0 Å². The number of furan rings is 1. The molecule has 0 aliphatic heterocycles. The first kappa shape index (κ1) is 11.1. The molecule has 0 aromatic carbocycles. The minimum Gasteiger partial charge on any atom is -0.449 e. The Morgan fingerprint density at radius 2 is 2.33 bits per heavy atom. The molecule has 0 fully saturated rings. The van der Waals surface area contributed by atoms with Crippen LogP contribution in [0.2, 0.25) is 0 Å². The molecular formula is C9H14N4O2. The molecule has 1 heterocycles. The molecule has 2 amide bonds. The Morgan fingerprint density at radius 3 is 2.87 bits per heavy atom. The first-order valence-electron chi connectivity index (χ1n) is 4.52. The van der Waals surface area contributed by atoms with Crippen molar-refractivity contribution < 1.29 is 9.21 Å². The molecule has 0 aliphatic rings. The van der Waals surface area contributed by atoms with Crippen molar-refractivity contribution in [2.45, 2.75) is 19.9 Å². The summed E-state index contributed by atoms with van der Waals surface area (Å²) in [6.45, 7) is 3.72. The highest BCUT2D eigenvalue weighted by atomic mass is 16.3. The van der Waals surface area contributed by atoms with Crippen LogP contribution >= 0.6 is 0 Å². The van der Waals surface area contributed by atoms with Gasteiger partial charge in [-0.15, -0.1) is 0 Å². The number of hydrogen-bond acceptors (Lipinski definition) is 3. The van der Waals surface area contributed by atoms with Gasteiger partial charge in [-0.3, -0.25) is 15.6 Å². The molecule has 1 rings (SSSR count). The van der Waals surface area contributed by atoms with Gasteiger partial charge in [0.25, 0.3) is 0 Å². The molecule has 0 unspecified atom stereocenters. The van der Waals surface area contributed by atoms with Crippen molar-refractivity contribution in [1.82, 2.24) is 5.32 Å². The molecule has 6 heteroatoms. The lowest BCUT2D eigenvalue weighted by atomic mass is 10.4. The number of guanidine groups is 1. The van der Waals surface area contributed by atoms with E-state index in [0.29, 0.717) is 5.88 Å². The lowest BCUT2D eigenvalue weighted by molar-refractivity contribution is 0.255. The van der Waals surface area contributed by atoms with E-state index in [4.69, 9.17) is 10.2 Å². The van der Waals surface area contributed by atoms with Crippen molar-refractivity contribution in [1.29, 1.82) is 0 Å². The smallest absolute Gasteiger partial charge is 0.328 e. The van der Waals surface area contributed by atoms with Gasteiger partial charge in [0.2, 0.25) is 5.88 Å². The fourth-order valence-electron chi connectivity index (χ4n) is 0.920. The monoisotopic (exact) mass is 210 g/mol. The summed E-state index contributed by atoms with van der Waals surface area (Å²) in [4.78, 5) is 15.2. The molecule has 6 nitrogen and oxygen atoms in total. The van der Waals surface area contributed by atoms with Crippen molar-refractivity contribution in [3.63, 3.8) is 0 Å². The minimum absolute atomic E-state index is 0.0360. The molecule has 0 bridgehead atoms. The second-order valence-corrected chi connectivity index (χ2v) is 3.16. The average Bonchev–Trinajstić information content (AvgIpc) is 2.53. The van der Waals surface area contributed by atoms with Crippen molar-refractivity contribution in [2.75, 3.05) is 5.32 Å². The maximum atomic E-state index is 11.3. The highest BCUT2D eigenvalue weighted by Crippen LogP contribution is 2.05. The molecule has 1 aromatic rings. The van der Waals surface area contributed by atoms with Gasteiger partial charge in [0.1, 0.15) is 0 Å². The molecule has 82 valence electrons. The Kier molecular flexibility index (Phi) is 3.73. The van der Waals surface area contributed by atoms with E-state index in [1.165, 1.54) is 6.26 Å². The van der Waals surface area contributed by atoms with Crippen LogP contribution in [0, 0.1) is 0 Å². The van der Waals surface area contributed by atoms with Gasteiger partial charge in [0, 0.05) is 12.1 Å². The zero-order valence-corrected chi connectivity index (χ0v) is 8.65. The fraction of sp³-hybridized carbons (Fsp3) is 0.333. The Labute approximate surface area is 87.5 Å². The third-order valence-electron chi connectivity index (χ3n) is 1.40. The lowest BCUT2D eigenvalue weighted by Crippen LogP contribution is -2.40. The molecule has 0 atom stereocenters. The molecule has 0 aliphatic carbocycles. The van der Waals surface area contributed by atoms with Gasteiger partial charge in [0.15, 0.2) is 5.96 Å². The summed E-state index contributed by atoms with van der Waals surface area (Å²) in [6.07, 6.45) is 1.46. The highest BCUT2D eigenvalue weighted by molar-refractivity contribution is 6.01. The van der Waals surface area contributed by atoms with Gasteiger partial charge < -0.3 is 10.2 Å². The number of urea groups is 1. The second-order valence-electron chi connectivity index (χ2n) is 3.16. The Balaban J connectivity index is 2.43. The first-order chi connectivity index (χ1) is 7.08. The molecule has 1 aromatic heterocycles. The molecule has 0 spiro atoms. The number of hydrogen-bond donors (Lipinski definition) is 3. The lowest BCUT2D eigenvalue weighted by Gasteiger charge is -2.05. The standard InChI is InChI=1S/C9H14N4O2/c1-6(2)11-8(10)13-9(14)12-7-4-3-5-15-7/h3-6H,1-2H3,(H4,10,11,12,13,14). The largest absolute Gasteiger partial charge is 0.449 e. The number of amides is 2. The summed E-state index contributed by atoms with van der Waals surface area (Å²) >= 11 is 0. The van der Waals surface area contributed by atoms with Gasteiger partial charge in [-0.05, 0) is 19.9 Å². The number of aliphatic imine (C=N–C) groups is 1. The third-order valence-corrected chi connectivity index (χ3v) is 1.40. The van der Waals surface area contributed by atoms with Gasteiger partial charge in [-0.1, -0.05) is 0 Å². The van der Waals surface area contributed by atoms with Gasteiger partial charge in [-0.2, -0.15) is 0 Å². The number of nitrogens with two attached hydrogens (primary N) is 1. The van der Waals surface area contributed by atoms with Crippen LogP contribution in [-0.2, 0) is 0 Å². The number of rotatable bonds is 2. The summed E-state index contributed by atoms with van der Waals surface area (Å²) in [5.41, 5.74) is 5.45. The summed E-state index contributed by atoms with van der Waals surface area (Å²) < 4.78 is 4.91. The van der Waals surface area contributed by atoms with Crippen LogP contribution in [0.4, 0.5) is 10.7 Å². The fourth-order valence-corrected chi connectivity index (χ4v) is 0.920. The Bertz CT molecular complexity index is 343. The van der Waals surface area contributed by atoms with Crippen LogP contribution < -0.4 is 16.4 Å². The van der Waals surface area contributed by atoms with E-state index in [1.54, 1.807) is 12.1 Å². The van der Waals surface area contributed by atoms with Crippen LogP contribution in [0.15, 0.2) is 27.8 Å². The van der Waals surface area contributed by atoms with E-state index >= 15 is 0 Å². The average molecular weight is 210 g/mol. The molecule has 0 saturated carbocycles.